The molecule has 1 aromatic rings. The molecule has 0 saturated heterocycles. The maximum absolute atomic E-state index is 10.1. The molecule has 2 nitrogen and oxygen atoms in total. The van der Waals surface area contributed by atoms with E-state index in [1.807, 2.05) is 30.3 Å². The fourth-order valence-corrected chi connectivity index (χ4v) is 1.19. The summed E-state index contributed by atoms with van der Waals surface area (Å²) in [7, 11) is 0. The van der Waals surface area contributed by atoms with Crippen molar-refractivity contribution in [3.63, 3.8) is 0 Å². The molecule has 0 aliphatic heterocycles. The van der Waals surface area contributed by atoms with Crippen LogP contribution in [0.15, 0.2) is 36.9 Å². The second-order valence-electron chi connectivity index (χ2n) is 2.90. The van der Waals surface area contributed by atoms with Gasteiger partial charge < -0.3 is 9.53 Å². The third-order valence-corrected chi connectivity index (χ3v) is 1.83. The second-order valence-corrected chi connectivity index (χ2v) is 2.90. The molecule has 0 fully saturated rings. The van der Waals surface area contributed by atoms with E-state index in [0.29, 0.717) is 13.0 Å². The maximum atomic E-state index is 10.1. The summed E-state index contributed by atoms with van der Waals surface area (Å²) in [6, 6.07) is 7.79. The first-order valence-corrected chi connectivity index (χ1v) is 4.63. The average molecular weight is 190 g/mol. The third kappa shape index (κ3) is 3.05. The Hall–Kier alpha value is -1.57. The molecule has 0 radical (unpaired) electrons. The van der Waals surface area contributed by atoms with Gasteiger partial charge in [-0.3, -0.25) is 0 Å². The van der Waals surface area contributed by atoms with Crippen LogP contribution in [0.5, 0.6) is 5.75 Å². The Bertz CT molecular complexity index is 305. The van der Waals surface area contributed by atoms with Crippen molar-refractivity contribution in [1.82, 2.24) is 0 Å². The zero-order valence-corrected chi connectivity index (χ0v) is 8.11. The molecule has 1 rings (SSSR count). The Morgan fingerprint density at radius 2 is 2.14 bits per heavy atom. The summed E-state index contributed by atoms with van der Waals surface area (Å²) in [4.78, 5) is 10.1. The molecule has 2 heteroatoms. The predicted octanol–water partition coefficient (Wildman–Crippen LogP) is 2.38. The molecule has 0 unspecified atom stereocenters. The quantitative estimate of drug-likeness (QED) is 0.391. The van der Waals surface area contributed by atoms with Crippen molar-refractivity contribution < 1.29 is 9.53 Å². The van der Waals surface area contributed by atoms with E-state index < -0.39 is 0 Å². The van der Waals surface area contributed by atoms with E-state index >= 15 is 0 Å². The lowest BCUT2D eigenvalue weighted by Crippen LogP contribution is -2.00. The molecule has 1 aromatic carbocycles. The van der Waals surface area contributed by atoms with Crippen LogP contribution in [0.1, 0.15) is 12.0 Å². The fraction of sp³-hybridized carbons (Fsp3) is 0.250. The van der Waals surface area contributed by atoms with Gasteiger partial charge in [0.05, 0.1) is 6.61 Å². The topological polar surface area (TPSA) is 26.3 Å². The number of carbonyl (C=O) groups is 1. The lowest BCUT2D eigenvalue weighted by molar-refractivity contribution is -0.108. The highest BCUT2D eigenvalue weighted by molar-refractivity contribution is 5.49. The number of hydrogen-bond donors (Lipinski definition) is 0. The molecule has 14 heavy (non-hydrogen) atoms. The van der Waals surface area contributed by atoms with Crippen LogP contribution < -0.4 is 4.74 Å². The van der Waals surface area contributed by atoms with Gasteiger partial charge in [0.15, 0.2) is 0 Å². The molecular formula is C12H14O2. The minimum atomic E-state index is 0.433. The lowest BCUT2D eigenvalue weighted by atomic mass is 10.1. The van der Waals surface area contributed by atoms with Crippen molar-refractivity contribution in [3.05, 3.63) is 42.5 Å². The highest BCUT2D eigenvalue weighted by Gasteiger charge is 1.99. The Kier molecular flexibility index (Phi) is 4.48. The highest BCUT2D eigenvalue weighted by atomic mass is 16.5. The summed E-state index contributed by atoms with van der Waals surface area (Å²) in [5, 5.41) is 0. The average Bonchev–Trinajstić information content (AvgIpc) is 2.21. The number of benzene rings is 1. The van der Waals surface area contributed by atoms with Crippen molar-refractivity contribution in [2.24, 2.45) is 0 Å². The van der Waals surface area contributed by atoms with Crippen LogP contribution in [-0.2, 0) is 11.2 Å². The van der Waals surface area contributed by atoms with Gasteiger partial charge in [-0.15, -0.1) is 6.58 Å². The summed E-state index contributed by atoms with van der Waals surface area (Å²) >= 11 is 0. The molecule has 0 aliphatic carbocycles. The van der Waals surface area contributed by atoms with Crippen LogP contribution in [0.25, 0.3) is 0 Å². The van der Waals surface area contributed by atoms with Crippen molar-refractivity contribution in [1.29, 1.82) is 0 Å². The monoisotopic (exact) mass is 190 g/mol. The van der Waals surface area contributed by atoms with Gasteiger partial charge in [0.2, 0.25) is 0 Å². The summed E-state index contributed by atoms with van der Waals surface area (Å²) in [6.07, 6.45) is 3.91. The number of carbonyl (C=O) groups excluding carboxylic acids is 1. The van der Waals surface area contributed by atoms with E-state index in [-0.39, 0.29) is 0 Å². The Morgan fingerprint density at radius 1 is 1.36 bits per heavy atom. The van der Waals surface area contributed by atoms with E-state index in [0.717, 1.165) is 24.0 Å². The van der Waals surface area contributed by atoms with Gasteiger partial charge in [-0.05, 0) is 18.1 Å². The van der Waals surface area contributed by atoms with Gasteiger partial charge in [0.1, 0.15) is 12.0 Å². The van der Waals surface area contributed by atoms with Crippen LogP contribution in [0, 0.1) is 0 Å². The summed E-state index contributed by atoms with van der Waals surface area (Å²) < 4.78 is 5.45. The second kappa shape index (κ2) is 5.97. The largest absolute Gasteiger partial charge is 0.493 e. The van der Waals surface area contributed by atoms with Crippen LogP contribution in [0.2, 0.25) is 0 Å². The SMILES string of the molecule is C=CCc1ccccc1OCCC=O. The minimum absolute atomic E-state index is 0.433. The fourth-order valence-electron chi connectivity index (χ4n) is 1.19. The maximum Gasteiger partial charge on any atom is 0.123 e. The molecule has 0 aromatic heterocycles. The first-order valence-electron chi connectivity index (χ1n) is 4.63. The van der Waals surface area contributed by atoms with E-state index in [4.69, 9.17) is 4.74 Å². The summed E-state index contributed by atoms with van der Waals surface area (Å²) in [5.74, 6) is 0.842. The number of para-hydroxylation sites is 1. The number of hydrogen-bond acceptors (Lipinski definition) is 2. The predicted molar refractivity (Wildman–Crippen MR) is 56.5 cm³/mol. The summed E-state index contributed by atoms with van der Waals surface area (Å²) in [6.45, 7) is 4.12. The van der Waals surface area contributed by atoms with Crippen LogP contribution in [-0.4, -0.2) is 12.9 Å². The Morgan fingerprint density at radius 3 is 2.86 bits per heavy atom. The van der Waals surface area contributed by atoms with Crippen LogP contribution >= 0.6 is 0 Å². The number of aldehydes is 1. The van der Waals surface area contributed by atoms with Crippen LogP contribution in [0.3, 0.4) is 0 Å². The molecule has 0 bridgehead atoms. The molecule has 0 amide bonds. The first-order chi connectivity index (χ1) is 6.88. The Labute approximate surface area is 84.2 Å². The molecule has 74 valence electrons. The van der Waals surface area contributed by atoms with E-state index in [1.165, 1.54) is 0 Å². The van der Waals surface area contributed by atoms with Crippen molar-refractivity contribution in [3.8, 4) is 5.75 Å². The number of ether oxygens (including phenoxy) is 1. The molecule has 0 heterocycles. The zero-order valence-electron chi connectivity index (χ0n) is 8.11. The van der Waals surface area contributed by atoms with Gasteiger partial charge in [-0.1, -0.05) is 24.3 Å². The molecule has 0 aliphatic rings. The summed E-state index contributed by atoms with van der Waals surface area (Å²) in [5.41, 5.74) is 1.10. The van der Waals surface area contributed by atoms with Crippen molar-refractivity contribution in [2.45, 2.75) is 12.8 Å². The van der Waals surface area contributed by atoms with Crippen molar-refractivity contribution in [2.75, 3.05) is 6.61 Å². The van der Waals surface area contributed by atoms with Gasteiger partial charge in [0.25, 0.3) is 0 Å². The zero-order chi connectivity index (χ0) is 10.2. The Balaban J connectivity index is 2.63. The lowest BCUT2D eigenvalue weighted by Gasteiger charge is -2.08. The molecule has 0 spiro atoms. The van der Waals surface area contributed by atoms with E-state index in [9.17, 15) is 4.79 Å². The van der Waals surface area contributed by atoms with E-state index in [1.54, 1.807) is 0 Å². The standard InChI is InChI=1S/C12H14O2/c1-2-6-11-7-3-4-8-12(11)14-10-5-9-13/h2-4,7-9H,1,5-6,10H2. The third-order valence-electron chi connectivity index (χ3n) is 1.83. The molecule has 0 saturated carbocycles. The van der Waals surface area contributed by atoms with Gasteiger partial charge in [-0.25, -0.2) is 0 Å². The molecular weight excluding hydrogens is 176 g/mol. The first kappa shape index (κ1) is 10.5. The van der Waals surface area contributed by atoms with Gasteiger partial charge in [0, 0.05) is 6.42 Å². The smallest absolute Gasteiger partial charge is 0.123 e. The normalized spacial score (nSPS) is 9.43. The van der Waals surface area contributed by atoms with Gasteiger partial charge in [-0.2, -0.15) is 0 Å². The molecule has 0 atom stereocenters. The van der Waals surface area contributed by atoms with Gasteiger partial charge >= 0.3 is 0 Å². The van der Waals surface area contributed by atoms with E-state index in [2.05, 4.69) is 6.58 Å². The minimum Gasteiger partial charge on any atom is -0.493 e. The molecule has 0 N–H and O–H groups in total. The van der Waals surface area contributed by atoms with Crippen LogP contribution in [0.4, 0.5) is 0 Å². The number of rotatable bonds is 6. The van der Waals surface area contributed by atoms with Crippen molar-refractivity contribution >= 4 is 6.29 Å². The number of allylic oxidation sites excluding steroid dienone is 1. The highest BCUT2D eigenvalue weighted by Crippen LogP contribution is 2.18.